The summed E-state index contributed by atoms with van der Waals surface area (Å²) in [5.74, 6) is -0.265. The van der Waals surface area contributed by atoms with Gasteiger partial charge >= 0.3 is 0 Å². The number of benzene rings is 2. The summed E-state index contributed by atoms with van der Waals surface area (Å²) >= 11 is 12.2. The van der Waals surface area contributed by atoms with E-state index in [-0.39, 0.29) is 5.91 Å². The Labute approximate surface area is 190 Å². The maximum Gasteiger partial charge on any atom is 0.257 e. The number of amides is 1. The summed E-state index contributed by atoms with van der Waals surface area (Å²) in [5, 5.41) is 7.12. The van der Waals surface area contributed by atoms with E-state index in [1.807, 2.05) is 42.5 Å². The van der Waals surface area contributed by atoms with Crippen LogP contribution >= 0.6 is 23.2 Å². The van der Waals surface area contributed by atoms with E-state index in [0.717, 1.165) is 11.1 Å². The smallest absolute Gasteiger partial charge is 0.257 e. The van der Waals surface area contributed by atoms with Crippen LogP contribution in [0.1, 0.15) is 15.9 Å². The molecule has 1 amide bonds. The van der Waals surface area contributed by atoms with E-state index in [1.54, 1.807) is 36.5 Å². The van der Waals surface area contributed by atoms with Gasteiger partial charge < -0.3 is 10.6 Å². The number of aromatic nitrogens is 2. The Morgan fingerprint density at radius 2 is 1.74 bits per heavy atom. The number of halogens is 2. The molecule has 0 radical (unpaired) electrons. The van der Waals surface area contributed by atoms with E-state index >= 15 is 0 Å². The molecule has 31 heavy (non-hydrogen) atoms. The molecular weight excluding hydrogens is 431 g/mol. The highest BCUT2D eigenvalue weighted by Gasteiger charge is 2.15. The minimum absolute atomic E-state index is 0.265. The van der Waals surface area contributed by atoms with Crippen LogP contribution in [-0.2, 0) is 6.54 Å². The van der Waals surface area contributed by atoms with Crippen LogP contribution in [0.2, 0.25) is 10.2 Å². The average Bonchev–Trinajstić information content (AvgIpc) is 2.80. The first kappa shape index (κ1) is 20.8. The van der Waals surface area contributed by atoms with Gasteiger partial charge in [-0.3, -0.25) is 9.78 Å². The zero-order chi connectivity index (χ0) is 21.6. The lowest BCUT2D eigenvalue weighted by atomic mass is 10.0. The van der Waals surface area contributed by atoms with Gasteiger partial charge in [0.2, 0.25) is 0 Å². The Hall–Kier alpha value is -3.41. The molecule has 0 bridgehead atoms. The lowest BCUT2D eigenvalue weighted by molar-refractivity contribution is 0.102. The third-order valence-electron chi connectivity index (χ3n) is 4.61. The molecule has 0 aliphatic carbocycles. The zero-order valence-electron chi connectivity index (χ0n) is 16.3. The second-order valence-corrected chi connectivity index (χ2v) is 7.55. The second-order valence-electron chi connectivity index (χ2n) is 6.76. The normalized spacial score (nSPS) is 10.5. The average molecular weight is 449 g/mol. The van der Waals surface area contributed by atoms with Crippen molar-refractivity contribution in [1.82, 2.24) is 9.97 Å². The molecule has 0 aliphatic rings. The summed E-state index contributed by atoms with van der Waals surface area (Å²) in [5.41, 5.74) is 4.27. The van der Waals surface area contributed by atoms with Crippen molar-refractivity contribution >= 4 is 40.5 Å². The number of hydrogen-bond donors (Lipinski definition) is 2. The molecule has 4 aromatic rings. The highest BCUT2D eigenvalue weighted by atomic mass is 35.5. The molecule has 0 fully saturated rings. The molecule has 2 aromatic heterocycles. The number of rotatable bonds is 6. The quantitative estimate of drug-likeness (QED) is 0.339. The third kappa shape index (κ3) is 5.20. The van der Waals surface area contributed by atoms with Crippen LogP contribution < -0.4 is 10.6 Å². The molecule has 0 unspecified atom stereocenters. The van der Waals surface area contributed by atoms with Crippen molar-refractivity contribution in [1.29, 1.82) is 0 Å². The van der Waals surface area contributed by atoms with Crippen molar-refractivity contribution < 1.29 is 4.79 Å². The Morgan fingerprint density at radius 3 is 2.48 bits per heavy atom. The number of anilines is 2. The lowest BCUT2D eigenvalue weighted by Crippen LogP contribution is -2.15. The van der Waals surface area contributed by atoms with Crippen molar-refractivity contribution in [2.24, 2.45) is 0 Å². The lowest BCUT2D eigenvalue weighted by Gasteiger charge is -2.15. The van der Waals surface area contributed by atoms with Crippen LogP contribution in [0.4, 0.5) is 11.4 Å². The van der Waals surface area contributed by atoms with Crippen molar-refractivity contribution in [3.05, 3.63) is 106 Å². The van der Waals surface area contributed by atoms with Crippen molar-refractivity contribution in [3.8, 4) is 11.3 Å². The first-order chi connectivity index (χ1) is 15.1. The predicted molar refractivity (Wildman–Crippen MR) is 126 cm³/mol. The first-order valence-corrected chi connectivity index (χ1v) is 10.3. The largest absolute Gasteiger partial charge is 0.380 e. The SMILES string of the molecule is O=C(Nc1ccc(Cl)nc1)c1ccc(-c2ncccc2Cl)cc1NCc1ccccc1. The standard InChI is InChI=1S/C24H18Cl2N4O/c25-20-7-4-12-27-23(20)17-8-10-19(24(31)30-18-9-11-22(26)29-15-18)21(13-17)28-14-16-5-2-1-3-6-16/h1-13,15,28H,14H2,(H,30,31). The number of carbonyl (C=O) groups excluding carboxylic acids is 1. The van der Waals surface area contributed by atoms with Gasteiger partial charge in [0.05, 0.1) is 28.2 Å². The molecule has 0 saturated heterocycles. The van der Waals surface area contributed by atoms with Crippen LogP contribution in [0.15, 0.2) is 85.2 Å². The molecule has 154 valence electrons. The third-order valence-corrected chi connectivity index (χ3v) is 5.14. The van der Waals surface area contributed by atoms with Crippen molar-refractivity contribution in [2.75, 3.05) is 10.6 Å². The van der Waals surface area contributed by atoms with Crippen molar-refractivity contribution in [2.45, 2.75) is 6.54 Å². The highest BCUT2D eigenvalue weighted by molar-refractivity contribution is 6.33. The van der Waals surface area contributed by atoms with Gasteiger partial charge in [-0.25, -0.2) is 4.98 Å². The Kier molecular flexibility index (Phi) is 6.46. The Balaban J connectivity index is 1.66. The van der Waals surface area contributed by atoms with Gasteiger partial charge in [-0.1, -0.05) is 59.6 Å². The van der Waals surface area contributed by atoms with E-state index in [2.05, 4.69) is 20.6 Å². The molecule has 0 saturated carbocycles. The molecule has 2 aromatic carbocycles. The molecule has 2 heterocycles. The maximum absolute atomic E-state index is 13.0. The minimum atomic E-state index is -0.265. The van der Waals surface area contributed by atoms with Crippen LogP contribution in [0.3, 0.4) is 0 Å². The minimum Gasteiger partial charge on any atom is -0.380 e. The van der Waals surface area contributed by atoms with Gasteiger partial charge in [-0.15, -0.1) is 0 Å². The number of carbonyl (C=O) groups is 1. The molecule has 7 heteroatoms. The highest BCUT2D eigenvalue weighted by Crippen LogP contribution is 2.30. The molecule has 5 nitrogen and oxygen atoms in total. The zero-order valence-corrected chi connectivity index (χ0v) is 17.9. The molecule has 0 atom stereocenters. The summed E-state index contributed by atoms with van der Waals surface area (Å²) in [7, 11) is 0. The van der Waals surface area contributed by atoms with E-state index in [1.165, 1.54) is 6.20 Å². The number of pyridine rings is 2. The van der Waals surface area contributed by atoms with Gasteiger partial charge in [0, 0.05) is 24.0 Å². The molecular formula is C24H18Cl2N4O. The molecule has 2 N–H and O–H groups in total. The van der Waals surface area contributed by atoms with E-state index in [0.29, 0.717) is 39.4 Å². The van der Waals surface area contributed by atoms with Crippen LogP contribution in [0.25, 0.3) is 11.3 Å². The second kappa shape index (κ2) is 9.60. The van der Waals surface area contributed by atoms with Gasteiger partial charge in [-0.2, -0.15) is 0 Å². The number of hydrogen-bond acceptors (Lipinski definition) is 4. The summed E-state index contributed by atoms with van der Waals surface area (Å²) in [4.78, 5) is 21.4. The fraction of sp³-hybridized carbons (Fsp3) is 0.0417. The number of nitrogens with one attached hydrogen (secondary N) is 2. The van der Waals surface area contributed by atoms with Crippen LogP contribution in [0, 0.1) is 0 Å². The van der Waals surface area contributed by atoms with Crippen molar-refractivity contribution in [3.63, 3.8) is 0 Å². The van der Waals surface area contributed by atoms with E-state index in [4.69, 9.17) is 23.2 Å². The Morgan fingerprint density at radius 1 is 0.903 bits per heavy atom. The monoisotopic (exact) mass is 448 g/mol. The van der Waals surface area contributed by atoms with E-state index in [9.17, 15) is 4.79 Å². The molecule has 0 spiro atoms. The first-order valence-electron chi connectivity index (χ1n) is 9.56. The van der Waals surface area contributed by atoms with Gasteiger partial charge in [0.1, 0.15) is 5.15 Å². The molecule has 0 aliphatic heterocycles. The van der Waals surface area contributed by atoms with E-state index < -0.39 is 0 Å². The number of nitrogens with zero attached hydrogens (tertiary/aromatic N) is 2. The maximum atomic E-state index is 13.0. The predicted octanol–water partition coefficient (Wildman–Crippen LogP) is 6.31. The van der Waals surface area contributed by atoms with Gasteiger partial charge in [-0.05, 0) is 42.0 Å². The summed E-state index contributed by atoms with van der Waals surface area (Å²) in [6.45, 7) is 0.559. The van der Waals surface area contributed by atoms with Gasteiger partial charge in [0.25, 0.3) is 5.91 Å². The fourth-order valence-electron chi connectivity index (χ4n) is 3.08. The topological polar surface area (TPSA) is 66.9 Å². The fourth-order valence-corrected chi connectivity index (χ4v) is 3.42. The summed E-state index contributed by atoms with van der Waals surface area (Å²) in [6, 6.07) is 22.3. The summed E-state index contributed by atoms with van der Waals surface area (Å²) in [6.07, 6.45) is 3.20. The molecule has 4 rings (SSSR count). The van der Waals surface area contributed by atoms with Gasteiger partial charge in [0.15, 0.2) is 0 Å². The van der Waals surface area contributed by atoms with Crippen LogP contribution in [-0.4, -0.2) is 15.9 Å². The summed E-state index contributed by atoms with van der Waals surface area (Å²) < 4.78 is 0. The van der Waals surface area contributed by atoms with Crippen LogP contribution in [0.5, 0.6) is 0 Å². The Bertz CT molecular complexity index is 1200.